The van der Waals surface area contributed by atoms with E-state index in [-0.39, 0.29) is 18.5 Å². The minimum atomic E-state index is -0.0251. The highest BCUT2D eigenvalue weighted by atomic mass is 79.9. The Labute approximate surface area is 126 Å². The van der Waals surface area contributed by atoms with Crippen molar-refractivity contribution in [2.24, 2.45) is 0 Å². The van der Waals surface area contributed by atoms with Crippen molar-refractivity contribution in [3.8, 4) is 0 Å². The summed E-state index contributed by atoms with van der Waals surface area (Å²) in [5.74, 6) is -0.0251. The summed E-state index contributed by atoms with van der Waals surface area (Å²) in [4.78, 5) is 11.8. The zero-order chi connectivity index (χ0) is 13.7. The summed E-state index contributed by atoms with van der Waals surface area (Å²) >= 11 is 9.41. The first-order valence-electron chi connectivity index (χ1n) is 6.21. The third-order valence-corrected chi connectivity index (χ3v) is 3.78. The van der Waals surface area contributed by atoms with Crippen LogP contribution in [0, 0.1) is 0 Å². The maximum atomic E-state index is 11.8. The molecule has 1 aromatic carbocycles. The number of hydrogen-bond donors (Lipinski definition) is 2. The van der Waals surface area contributed by atoms with Gasteiger partial charge in [0.2, 0.25) is 5.91 Å². The van der Waals surface area contributed by atoms with E-state index in [9.17, 15) is 4.79 Å². The van der Waals surface area contributed by atoms with Crippen molar-refractivity contribution in [2.75, 3.05) is 25.1 Å². The number of ether oxygens (including phenoxy) is 1. The topological polar surface area (TPSA) is 50.4 Å². The second kappa shape index (κ2) is 7.12. The third-order valence-electron chi connectivity index (χ3n) is 2.95. The van der Waals surface area contributed by atoms with E-state index in [1.807, 2.05) is 12.1 Å². The smallest absolute Gasteiger partial charge is 0.239 e. The number of nitrogens with one attached hydrogen (secondary N) is 2. The van der Waals surface area contributed by atoms with Gasteiger partial charge in [0.25, 0.3) is 0 Å². The lowest BCUT2D eigenvalue weighted by atomic mass is 10.1. The van der Waals surface area contributed by atoms with Crippen molar-refractivity contribution in [3.63, 3.8) is 0 Å². The summed E-state index contributed by atoms with van der Waals surface area (Å²) in [5, 5.41) is 6.62. The van der Waals surface area contributed by atoms with E-state index < -0.39 is 0 Å². The number of benzene rings is 1. The quantitative estimate of drug-likeness (QED) is 0.880. The van der Waals surface area contributed by atoms with Gasteiger partial charge < -0.3 is 15.4 Å². The van der Waals surface area contributed by atoms with Crippen molar-refractivity contribution < 1.29 is 9.53 Å². The van der Waals surface area contributed by atoms with Crippen LogP contribution < -0.4 is 10.6 Å². The SMILES string of the molecule is O=C(CNc1cc(Br)ccc1Cl)NC1CCOCC1. The molecule has 1 aliphatic heterocycles. The van der Waals surface area contributed by atoms with Gasteiger partial charge >= 0.3 is 0 Å². The van der Waals surface area contributed by atoms with Crippen LogP contribution >= 0.6 is 27.5 Å². The highest BCUT2D eigenvalue weighted by Gasteiger charge is 2.15. The standard InChI is InChI=1S/C13H16BrClN2O2/c14-9-1-2-11(15)12(7-9)16-8-13(18)17-10-3-5-19-6-4-10/h1-2,7,10,16H,3-6,8H2,(H,17,18). The van der Waals surface area contributed by atoms with Crippen LogP contribution in [0.15, 0.2) is 22.7 Å². The zero-order valence-corrected chi connectivity index (χ0v) is 12.8. The van der Waals surface area contributed by atoms with Crippen LogP contribution in [0.25, 0.3) is 0 Å². The third kappa shape index (κ3) is 4.67. The van der Waals surface area contributed by atoms with Crippen LogP contribution in [-0.4, -0.2) is 31.7 Å². The lowest BCUT2D eigenvalue weighted by molar-refractivity contribution is -0.120. The van der Waals surface area contributed by atoms with E-state index in [1.165, 1.54) is 0 Å². The molecular formula is C13H16BrClN2O2. The molecule has 19 heavy (non-hydrogen) atoms. The van der Waals surface area contributed by atoms with E-state index in [0.29, 0.717) is 5.02 Å². The lowest BCUT2D eigenvalue weighted by Crippen LogP contribution is -2.41. The normalized spacial score (nSPS) is 16.1. The van der Waals surface area contributed by atoms with Gasteiger partial charge in [-0.25, -0.2) is 0 Å². The summed E-state index contributed by atoms with van der Waals surface area (Å²) in [6, 6.07) is 5.71. The Morgan fingerprint density at radius 1 is 1.42 bits per heavy atom. The summed E-state index contributed by atoms with van der Waals surface area (Å²) in [5.41, 5.74) is 0.748. The Bertz CT molecular complexity index is 450. The van der Waals surface area contributed by atoms with Gasteiger partial charge in [-0.05, 0) is 31.0 Å². The fourth-order valence-electron chi connectivity index (χ4n) is 1.93. The first-order chi connectivity index (χ1) is 9.15. The average Bonchev–Trinajstić information content (AvgIpc) is 2.41. The number of halogens is 2. The van der Waals surface area contributed by atoms with Crippen LogP contribution in [0.2, 0.25) is 5.02 Å². The van der Waals surface area contributed by atoms with Crippen LogP contribution in [0.1, 0.15) is 12.8 Å². The average molecular weight is 348 g/mol. The first kappa shape index (κ1) is 14.6. The Kier molecular flexibility index (Phi) is 5.48. The summed E-state index contributed by atoms with van der Waals surface area (Å²) in [6.45, 7) is 1.65. The number of anilines is 1. The Hall–Kier alpha value is -0.780. The van der Waals surface area contributed by atoms with E-state index in [0.717, 1.165) is 36.2 Å². The fraction of sp³-hybridized carbons (Fsp3) is 0.462. The number of hydrogen-bond acceptors (Lipinski definition) is 3. The minimum absolute atomic E-state index is 0.0251. The summed E-state index contributed by atoms with van der Waals surface area (Å²) < 4.78 is 6.17. The molecule has 0 aromatic heterocycles. The maximum Gasteiger partial charge on any atom is 0.239 e. The molecule has 0 spiro atoms. The molecule has 1 saturated heterocycles. The molecule has 1 heterocycles. The Morgan fingerprint density at radius 2 is 2.16 bits per heavy atom. The number of carbonyl (C=O) groups is 1. The highest BCUT2D eigenvalue weighted by molar-refractivity contribution is 9.10. The number of rotatable bonds is 4. The molecule has 104 valence electrons. The molecule has 0 unspecified atom stereocenters. The minimum Gasteiger partial charge on any atom is -0.381 e. The molecule has 1 amide bonds. The molecular weight excluding hydrogens is 332 g/mol. The molecule has 2 rings (SSSR count). The maximum absolute atomic E-state index is 11.8. The monoisotopic (exact) mass is 346 g/mol. The predicted octanol–water partition coefficient (Wildman–Crippen LogP) is 2.81. The summed E-state index contributed by atoms with van der Waals surface area (Å²) in [7, 11) is 0. The molecule has 0 aliphatic carbocycles. The van der Waals surface area contributed by atoms with Gasteiger partial charge in [-0.3, -0.25) is 4.79 Å². The van der Waals surface area contributed by atoms with E-state index in [1.54, 1.807) is 6.07 Å². The van der Waals surface area contributed by atoms with E-state index >= 15 is 0 Å². The number of carbonyl (C=O) groups excluding carboxylic acids is 1. The fourth-order valence-corrected chi connectivity index (χ4v) is 2.47. The van der Waals surface area contributed by atoms with Crippen LogP contribution in [-0.2, 0) is 9.53 Å². The van der Waals surface area contributed by atoms with Gasteiger partial charge in [0.05, 0.1) is 17.3 Å². The largest absolute Gasteiger partial charge is 0.381 e. The second-order valence-corrected chi connectivity index (χ2v) is 5.75. The molecule has 1 aromatic rings. The van der Waals surface area contributed by atoms with Gasteiger partial charge in [-0.1, -0.05) is 27.5 Å². The molecule has 2 N–H and O–H groups in total. The molecule has 0 radical (unpaired) electrons. The van der Waals surface area contributed by atoms with Crippen LogP contribution in [0.3, 0.4) is 0 Å². The molecule has 0 saturated carbocycles. The van der Waals surface area contributed by atoms with Gasteiger partial charge in [0.15, 0.2) is 0 Å². The van der Waals surface area contributed by atoms with Gasteiger partial charge in [0, 0.05) is 23.7 Å². The van der Waals surface area contributed by atoms with Gasteiger partial charge in [-0.15, -0.1) is 0 Å². The lowest BCUT2D eigenvalue weighted by Gasteiger charge is -2.23. The van der Waals surface area contributed by atoms with Crippen molar-refractivity contribution in [1.82, 2.24) is 5.32 Å². The van der Waals surface area contributed by atoms with Crippen molar-refractivity contribution in [3.05, 3.63) is 27.7 Å². The molecule has 1 aliphatic rings. The Morgan fingerprint density at radius 3 is 2.89 bits per heavy atom. The predicted molar refractivity (Wildman–Crippen MR) is 79.6 cm³/mol. The molecule has 6 heteroatoms. The second-order valence-electron chi connectivity index (χ2n) is 4.43. The van der Waals surface area contributed by atoms with Crippen molar-refractivity contribution in [2.45, 2.75) is 18.9 Å². The van der Waals surface area contributed by atoms with Gasteiger partial charge in [-0.2, -0.15) is 0 Å². The number of amides is 1. The van der Waals surface area contributed by atoms with E-state index in [4.69, 9.17) is 16.3 Å². The molecule has 4 nitrogen and oxygen atoms in total. The van der Waals surface area contributed by atoms with Crippen LogP contribution in [0.4, 0.5) is 5.69 Å². The van der Waals surface area contributed by atoms with Crippen molar-refractivity contribution in [1.29, 1.82) is 0 Å². The molecule has 1 fully saturated rings. The Balaban J connectivity index is 1.81. The highest BCUT2D eigenvalue weighted by Crippen LogP contribution is 2.25. The molecule has 0 atom stereocenters. The van der Waals surface area contributed by atoms with Crippen LogP contribution in [0.5, 0.6) is 0 Å². The van der Waals surface area contributed by atoms with Crippen molar-refractivity contribution >= 4 is 39.1 Å². The molecule has 0 bridgehead atoms. The van der Waals surface area contributed by atoms with Gasteiger partial charge in [0.1, 0.15) is 0 Å². The van der Waals surface area contributed by atoms with E-state index in [2.05, 4.69) is 26.6 Å². The zero-order valence-electron chi connectivity index (χ0n) is 10.4. The first-order valence-corrected chi connectivity index (χ1v) is 7.38. The summed E-state index contributed by atoms with van der Waals surface area (Å²) in [6.07, 6.45) is 1.76.